The minimum Gasteiger partial charge on any atom is -0.457 e. The molecule has 0 amide bonds. The number of nitrogens with one attached hydrogen (secondary N) is 1. The van der Waals surface area contributed by atoms with E-state index >= 15 is 0 Å². The maximum absolute atomic E-state index is 13.0. The summed E-state index contributed by atoms with van der Waals surface area (Å²) >= 11 is 5.92. The summed E-state index contributed by atoms with van der Waals surface area (Å²) in [5.74, 6) is 1.26. The normalized spacial score (nSPS) is 24.9. The maximum atomic E-state index is 13.0. The van der Waals surface area contributed by atoms with Gasteiger partial charge in [0, 0.05) is 25.2 Å². The van der Waals surface area contributed by atoms with Gasteiger partial charge in [0.15, 0.2) is 0 Å². The van der Waals surface area contributed by atoms with Crippen LogP contribution in [0.15, 0.2) is 48.5 Å². The van der Waals surface area contributed by atoms with E-state index in [2.05, 4.69) is 4.72 Å². The minimum absolute atomic E-state index is 0.0608. The third-order valence-electron chi connectivity index (χ3n) is 5.37. The quantitative estimate of drug-likeness (QED) is 0.692. The van der Waals surface area contributed by atoms with Crippen LogP contribution in [0.3, 0.4) is 0 Å². The lowest BCUT2D eigenvalue weighted by Crippen LogP contribution is -2.42. The first-order valence-electron chi connectivity index (χ1n) is 9.91. The Balaban J connectivity index is 1.51. The Hall–Kier alpha value is -1.68. The summed E-state index contributed by atoms with van der Waals surface area (Å²) in [6, 6.07) is 14.0. The van der Waals surface area contributed by atoms with E-state index in [-0.39, 0.29) is 19.3 Å². The standard InChI is InChI=1S/C21H25ClN2O5S/c1-24-21(20(14-28-24)30(25,26)23-13-19-6-3-11-27-19)15-4-2-5-18(12-15)29-17-9-7-16(22)8-10-17/h2,4-5,7-10,12,19-21,23H,3,6,11,13-14H2,1H3. The number of halogens is 1. The van der Waals surface area contributed by atoms with Gasteiger partial charge in [0.25, 0.3) is 0 Å². The van der Waals surface area contributed by atoms with Crippen molar-refractivity contribution in [3.05, 3.63) is 59.1 Å². The molecule has 1 N–H and O–H groups in total. The molecule has 2 heterocycles. The van der Waals surface area contributed by atoms with E-state index in [1.807, 2.05) is 24.3 Å². The number of hydrogen-bond acceptors (Lipinski definition) is 6. The summed E-state index contributed by atoms with van der Waals surface area (Å²) in [6.07, 6.45) is 1.77. The molecule has 0 spiro atoms. The zero-order valence-electron chi connectivity index (χ0n) is 16.7. The van der Waals surface area contributed by atoms with Gasteiger partial charge in [-0.3, -0.25) is 4.84 Å². The van der Waals surface area contributed by atoms with Gasteiger partial charge in [0.1, 0.15) is 16.7 Å². The molecule has 162 valence electrons. The lowest BCUT2D eigenvalue weighted by Gasteiger charge is -2.24. The van der Waals surface area contributed by atoms with Gasteiger partial charge in [-0.1, -0.05) is 23.7 Å². The fraction of sp³-hybridized carbons (Fsp3) is 0.429. The molecule has 2 aromatic rings. The molecule has 9 heteroatoms. The van der Waals surface area contributed by atoms with Gasteiger partial charge in [-0.15, -0.1) is 0 Å². The van der Waals surface area contributed by atoms with Crippen LogP contribution in [-0.4, -0.2) is 51.6 Å². The molecule has 2 saturated heterocycles. The van der Waals surface area contributed by atoms with Crippen LogP contribution >= 0.6 is 11.6 Å². The van der Waals surface area contributed by atoms with Crippen molar-refractivity contribution in [2.75, 3.05) is 26.8 Å². The van der Waals surface area contributed by atoms with Gasteiger partial charge in [-0.05, 0) is 54.8 Å². The van der Waals surface area contributed by atoms with Crippen LogP contribution in [0.4, 0.5) is 0 Å². The van der Waals surface area contributed by atoms with Crippen molar-refractivity contribution < 1.29 is 22.7 Å². The fourth-order valence-corrected chi connectivity index (χ4v) is 5.47. The highest BCUT2D eigenvalue weighted by molar-refractivity contribution is 7.90. The molecule has 0 bridgehead atoms. The Morgan fingerprint density at radius 3 is 2.73 bits per heavy atom. The Morgan fingerprint density at radius 2 is 2.00 bits per heavy atom. The number of hydrogen-bond donors (Lipinski definition) is 1. The van der Waals surface area contributed by atoms with Gasteiger partial charge in [-0.2, -0.15) is 5.06 Å². The molecular formula is C21H25ClN2O5S. The molecule has 7 nitrogen and oxygen atoms in total. The van der Waals surface area contributed by atoms with Gasteiger partial charge < -0.3 is 9.47 Å². The van der Waals surface area contributed by atoms with Crippen LogP contribution in [0.1, 0.15) is 24.4 Å². The van der Waals surface area contributed by atoms with E-state index in [4.69, 9.17) is 25.9 Å². The van der Waals surface area contributed by atoms with Crippen LogP contribution < -0.4 is 9.46 Å². The minimum atomic E-state index is -3.61. The predicted octanol–water partition coefficient (Wildman–Crippen LogP) is 3.52. The monoisotopic (exact) mass is 452 g/mol. The van der Waals surface area contributed by atoms with Crippen molar-refractivity contribution in [3.63, 3.8) is 0 Å². The first-order valence-corrected chi connectivity index (χ1v) is 11.8. The molecule has 2 fully saturated rings. The van der Waals surface area contributed by atoms with Crippen molar-refractivity contribution in [1.82, 2.24) is 9.79 Å². The Bertz CT molecular complexity index is 964. The molecular weight excluding hydrogens is 428 g/mol. The predicted molar refractivity (Wildman–Crippen MR) is 114 cm³/mol. The van der Waals surface area contributed by atoms with Crippen LogP contribution in [0.25, 0.3) is 0 Å². The first kappa shape index (κ1) is 21.5. The molecule has 2 aliphatic heterocycles. The summed E-state index contributed by atoms with van der Waals surface area (Å²) in [5, 5.41) is 1.48. The second kappa shape index (κ2) is 9.21. The van der Waals surface area contributed by atoms with Crippen LogP contribution in [-0.2, 0) is 19.6 Å². The van der Waals surface area contributed by atoms with Crippen molar-refractivity contribution >= 4 is 21.6 Å². The van der Waals surface area contributed by atoms with E-state index < -0.39 is 21.3 Å². The Labute approximate surface area is 181 Å². The topological polar surface area (TPSA) is 77.1 Å². The van der Waals surface area contributed by atoms with Gasteiger partial charge >= 0.3 is 0 Å². The highest BCUT2D eigenvalue weighted by Crippen LogP contribution is 2.35. The molecule has 3 atom stereocenters. The van der Waals surface area contributed by atoms with E-state index in [1.54, 1.807) is 36.4 Å². The van der Waals surface area contributed by atoms with Gasteiger partial charge in [0.05, 0.1) is 18.8 Å². The SMILES string of the molecule is CN1OCC(S(=O)(=O)NCC2CCCO2)C1c1cccc(Oc2ccc(Cl)cc2)c1. The number of ether oxygens (including phenoxy) is 2. The number of rotatable bonds is 7. The third kappa shape index (κ3) is 4.96. The average Bonchev–Trinajstić information content (AvgIpc) is 3.38. The summed E-state index contributed by atoms with van der Waals surface area (Å²) < 4.78 is 40.2. The van der Waals surface area contributed by atoms with E-state index in [0.717, 1.165) is 18.4 Å². The molecule has 0 radical (unpaired) electrons. The Kier molecular flexibility index (Phi) is 6.62. The summed E-state index contributed by atoms with van der Waals surface area (Å²) in [7, 11) is -1.86. The van der Waals surface area contributed by atoms with E-state index in [9.17, 15) is 8.42 Å². The first-order chi connectivity index (χ1) is 14.4. The van der Waals surface area contributed by atoms with Crippen molar-refractivity contribution in [1.29, 1.82) is 0 Å². The van der Waals surface area contributed by atoms with Crippen LogP contribution in [0, 0.1) is 0 Å². The number of sulfonamides is 1. The smallest absolute Gasteiger partial charge is 0.218 e. The molecule has 2 aliphatic rings. The number of hydroxylamine groups is 2. The number of benzene rings is 2. The van der Waals surface area contributed by atoms with Crippen molar-refractivity contribution in [3.8, 4) is 11.5 Å². The second-order valence-corrected chi connectivity index (χ2v) is 9.90. The molecule has 0 saturated carbocycles. The molecule has 3 unspecified atom stereocenters. The van der Waals surface area contributed by atoms with E-state index in [0.29, 0.717) is 23.1 Å². The highest BCUT2D eigenvalue weighted by atomic mass is 35.5. The lowest BCUT2D eigenvalue weighted by molar-refractivity contribution is -0.110. The van der Waals surface area contributed by atoms with E-state index in [1.165, 1.54) is 0 Å². The molecule has 2 aromatic carbocycles. The summed E-state index contributed by atoms with van der Waals surface area (Å²) in [6.45, 7) is 1.06. The summed E-state index contributed by atoms with van der Waals surface area (Å²) in [4.78, 5) is 5.59. The molecule has 30 heavy (non-hydrogen) atoms. The molecule has 0 aliphatic carbocycles. The van der Waals surface area contributed by atoms with Gasteiger partial charge in [-0.25, -0.2) is 13.1 Å². The van der Waals surface area contributed by atoms with Crippen LogP contribution in [0.2, 0.25) is 5.02 Å². The Morgan fingerprint density at radius 1 is 1.20 bits per heavy atom. The van der Waals surface area contributed by atoms with Crippen molar-refractivity contribution in [2.24, 2.45) is 0 Å². The zero-order valence-corrected chi connectivity index (χ0v) is 18.2. The molecule has 4 rings (SSSR count). The zero-order chi connectivity index (χ0) is 21.1. The second-order valence-electron chi connectivity index (χ2n) is 7.48. The largest absolute Gasteiger partial charge is 0.457 e. The summed E-state index contributed by atoms with van der Waals surface area (Å²) in [5.41, 5.74) is 0.800. The van der Waals surface area contributed by atoms with Crippen molar-refractivity contribution in [2.45, 2.75) is 30.2 Å². The third-order valence-corrected chi connectivity index (χ3v) is 7.38. The van der Waals surface area contributed by atoms with Crippen LogP contribution in [0.5, 0.6) is 11.5 Å². The lowest BCUT2D eigenvalue weighted by atomic mass is 10.0. The molecule has 0 aromatic heterocycles. The fourth-order valence-electron chi connectivity index (χ4n) is 3.80. The average molecular weight is 453 g/mol. The maximum Gasteiger partial charge on any atom is 0.218 e. The highest BCUT2D eigenvalue weighted by Gasteiger charge is 2.43. The number of nitrogens with zero attached hydrogens (tertiary/aromatic N) is 1. The van der Waals surface area contributed by atoms with Gasteiger partial charge in [0.2, 0.25) is 10.0 Å².